The third-order valence-corrected chi connectivity index (χ3v) is 4.19. The van der Waals surface area contributed by atoms with E-state index in [1.165, 1.54) is 0 Å². The number of carbonyl (C=O) groups is 1. The second-order valence-electron chi connectivity index (χ2n) is 6.11. The van der Waals surface area contributed by atoms with E-state index in [2.05, 4.69) is 10.3 Å². The lowest BCUT2D eigenvalue weighted by Crippen LogP contribution is -2.26. The fourth-order valence-electron chi connectivity index (χ4n) is 2.74. The summed E-state index contributed by atoms with van der Waals surface area (Å²) in [6.45, 7) is 1.42. The predicted molar refractivity (Wildman–Crippen MR) is 107 cm³/mol. The molecule has 5 nitrogen and oxygen atoms in total. The number of aryl methyl sites for hydroxylation is 1. The van der Waals surface area contributed by atoms with Crippen LogP contribution in [0.3, 0.4) is 0 Å². The average Bonchev–Trinajstić information content (AvgIpc) is 3.24. The highest BCUT2D eigenvalue weighted by Crippen LogP contribution is 2.20. The first kappa shape index (κ1) is 18.5. The molecular weight excluding hydrogens is 338 g/mol. The van der Waals surface area contributed by atoms with Gasteiger partial charge in [-0.05, 0) is 35.8 Å². The van der Waals surface area contributed by atoms with Crippen LogP contribution in [0.2, 0.25) is 0 Å². The monoisotopic (exact) mass is 361 g/mol. The fraction of sp³-hybridized carbons (Fsp3) is 0.182. The lowest BCUT2D eigenvalue weighted by Gasteiger charge is -2.10. The Hall–Kier alpha value is -3.34. The van der Waals surface area contributed by atoms with Crippen molar-refractivity contribution in [2.45, 2.75) is 13.0 Å². The molecule has 0 radical (unpaired) electrons. The number of amides is 1. The summed E-state index contributed by atoms with van der Waals surface area (Å²) < 4.78 is 7.19. The molecule has 3 rings (SSSR count). The number of nitrogens with one attached hydrogen (secondary N) is 1. The van der Waals surface area contributed by atoms with Crippen LogP contribution in [0.15, 0.2) is 73.3 Å². The number of hydrogen-bond acceptors (Lipinski definition) is 3. The van der Waals surface area contributed by atoms with E-state index in [1.54, 1.807) is 19.6 Å². The van der Waals surface area contributed by atoms with Crippen LogP contribution in [-0.4, -0.2) is 29.1 Å². The van der Waals surface area contributed by atoms with Crippen molar-refractivity contribution in [1.82, 2.24) is 14.9 Å². The molecule has 5 heteroatoms. The minimum absolute atomic E-state index is 0.0809. The maximum Gasteiger partial charge on any atom is 0.251 e. The molecule has 27 heavy (non-hydrogen) atoms. The van der Waals surface area contributed by atoms with Crippen LogP contribution < -0.4 is 10.1 Å². The summed E-state index contributed by atoms with van der Waals surface area (Å²) in [5.74, 6) is 0.708. The molecule has 0 saturated carbocycles. The number of carbonyl (C=O) groups excluding carboxylic acids is 1. The highest BCUT2D eigenvalue weighted by Gasteiger charge is 2.11. The van der Waals surface area contributed by atoms with E-state index >= 15 is 0 Å². The van der Waals surface area contributed by atoms with Crippen LogP contribution in [0, 0.1) is 0 Å². The molecule has 0 atom stereocenters. The molecule has 1 heterocycles. The number of imidazole rings is 1. The maximum atomic E-state index is 12.8. The first-order valence-electron chi connectivity index (χ1n) is 8.91. The summed E-state index contributed by atoms with van der Waals surface area (Å²) in [6.07, 6.45) is 8.19. The van der Waals surface area contributed by atoms with Gasteiger partial charge in [0.1, 0.15) is 5.75 Å². The molecule has 0 fully saturated rings. The zero-order valence-corrected chi connectivity index (χ0v) is 15.3. The van der Waals surface area contributed by atoms with E-state index < -0.39 is 0 Å². The Balaban J connectivity index is 1.71. The molecule has 0 unspecified atom stereocenters. The van der Waals surface area contributed by atoms with Gasteiger partial charge in [-0.1, -0.05) is 42.5 Å². The maximum absolute atomic E-state index is 12.8. The molecule has 0 bridgehead atoms. The minimum Gasteiger partial charge on any atom is -0.497 e. The third kappa shape index (κ3) is 5.31. The molecule has 1 aromatic heterocycles. The Labute approximate surface area is 159 Å². The van der Waals surface area contributed by atoms with E-state index in [1.807, 2.05) is 71.4 Å². The Kier molecular flexibility index (Phi) is 6.41. The SMILES string of the molecule is COc1ccc(/C=C(/C(=O)NCCCn2ccnc2)c2ccccc2)cc1. The van der Waals surface area contributed by atoms with Gasteiger partial charge in [0.25, 0.3) is 5.91 Å². The van der Waals surface area contributed by atoms with Gasteiger partial charge < -0.3 is 14.6 Å². The van der Waals surface area contributed by atoms with Gasteiger partial charge in [-0.3, -0.25) is 4.79 Å². The fourth-order valence-corrected chi connectivity index (χ4v) is 2.74. The largest absolute Gasteiger partial charge is 0.497 e. The number of rotatable bonds is 8. The molecule has 0 aliphatic heterocycles. The summed E-state index contributed by atoms with van der Waals surface area (Å²) >= 11 is 0. The zero-order chi connectivity index (χ0) is 18.9. The van der Waals surface area contributed by atoms with Crippen molar-refractivity contribution in [3.63, 3.8) is 0 Å². The summed E-state index contributed by atoms with van der Waals surface area (Å²) in [4.78, 5) is 16.8. The lowest BCUT2D eigenvalue weighted by molar-refractivity contribution is -0.115. The second-order valence-corrected chi connectivity index (χ2v) is 6.11. The number of nitrogens with zero attached hydrogens (tertiary/aromatic N) is 2. The van der Waals surface area contributed by atoms with Gasteiger partial charge in [0, 0.05) is 31.1 Å². The van der Waals surface area contributed by atoms with Gasteiger partial charge in [-0.2, -0.15) is 0 Å². The summed E-state index contributed by atoms with van der Waals surface area (Å²) in [5.41, 5.74) is 2.48. The normalized spacial score (nSPS) is 11.2. The average molecular weight is 361 g/mol. The second kappa shape index (κ2) is 9.38. The standard InChI is InChI=1S/C22H23N3O2/c1-27-20-10-8-18(9-11-20)16-21(19-6-3-2-4-7-19)22(26)24-12-5-14-25-15-13-23-17-25/h2-4,6-11,13,15-17H,5,12,14H2,1H3,(H,24,26)/b21-16+. The molecule has 0 aliphatic carbocycles. The number of aromatic nitrogens is 2. The van der Waals surface area contributed by atoms with E-state index in [0.29, 0.717) is 12.1 Å². The number of benzene rings is 2. The number of ether oxygens (including phenoxy) is 1. The first-order valence-corrected chi connectivity index (χ1v) is 8.91. The van der Waals surface area contributed by atoms with Crippen LogP contribution in [0.1, 0.15) is 17.5 Å². The van der Waals surface area contributed by atoms with Crippen LogP contribution in [0.5, 0.6) is 5.75 Å². The number of hydrogen-bond donors (Lipinski definition) is 1. The van der Waals surface area contributed by atoms with Gasteiger partial charge >= 0.3 is 0 Å². The third-order valence-electron chi connectivity index (χ3n) is 4.19. The molecule has 2 aromatic carbocycles. The highest BCUT2D eigenvalue weighted by atomic mass is 16.5. The van der Waals surface area contributed by atoms with Gasteiger partial charge in [0.05, 0.1) is 13.4 Å². The minimum atomic E-state index is -0.0809. The first-order chi connectivity index (χ1) is 13.3. The highest BCUT2D eigenvalue weighted by molar-refractivity contribution is 6.24. The van der Waals surface area contributed by atoms with Crippen molar-refractivity contribution in [3.05, 3.63) is 84.4 Å². The van der Waals surface area contributed by atoms with Gasteiger partial charge in [0.15, 0.2) is 0 Å². The number of methoxy groups -OCH3 is 1. The lowest BCUT2D eigenvalue weighted by atomic mass is 10.0. The quantitative estimate of drug-likeness (QED) is 0.379. The van der Waals surface area contributed by atoms with E-state index in [9.17, 15) is 4.79 Å². The van der Waals surface area contributed by atoms with Crippen molar-refractivity contribution in [3.8, 4) is 5.75 Å². The van der Waals surface area contributed by atoms with Crippen molar-refractivity contribution in [2.75, 3.05) is 13.7 Å². The Morgan fingerprint density at radius 2 is 1.93 bits per heavy atom. The Morgan fingerprint density at radius 3 is 2.59 bits per heavy atom. The predicted octanol–water partition coefficient (Wildman–Crippen LogP) is 3.64. The Bertz CT molecular complexity index is 870. The molecule has 0 spiro atoms. The van der Waals surface area contributed by atoms with Crippen LogP contribution in [-0.2, 0) is 11.3 Å². The van der Waals surface area contributed by atoms with Gasteiger partial charge in [-0.15, -0.1) is 0 Å². The summed E-state index contributed by atoms with van der Waals surface area (Å²) in [7, 11) is 1.64. The molecule has 0 saturated heterocycles. The van der Waals surface area contributed by atoms with Gasteiger partial charge in [-0.25, -0.2) is 4.98 Å². The molecule has 1 N–H and O–H groups in total. The van der Waals surface area contributed by atoms with Crippen molar-refractivity contribution >= 4 is 17.6 Å². The van der Waals surface area contributed by atoms with Crippen molar-refractivity contribution in [1.29, 1.82) is 0 Å². The van der Waals surface area contributed by atoms with Crippen LogP contribution in [0.4, 0.5) is 0 Å². The molecule has 3 aromatic rings. The molecular formula is C22H23N3O2. The zero-order valence-electron chi connectivity index (χ0n) is 15.3. The van der Waals surface area contributed by atoms with Gasteiger partial charge in [0.2, 0.25) is 0 Å². The van der Waals surface area contributed by atoms with E-state index in [0.717, 1.165) is 29.8 Å². The molecule has 0 aliphatic rings. The summed E-state index contributed by atoms with van der Waals surface area (Å²) in [5, 5.41) is 3.02. The summed E-state index contributed by atoms with van der Waals surface area (Å²) in [6, 6.07) is 17.3. The van der Waals surface area contributed by atoms with Crippen molar-refractivity contribution < 1.29 is 9.53 Å². The van der Waals surface area contributed by atoms with Crippen LogP contribution in [0.25, 0.3) is 11.6 Å². The molecule has 138 valence electrons. The van der Waals surface area contributed by atoms with Crippen LogP contribution >= 0.6 is 0 Å². The smallest absolute Gasteiger partial charge is 0.251 e. The topological polar surface area (TPSA) is 56.1 Å². The molecule has 1 amide bonds. The van der Waals surface area contributed by atoms with Crippen molar-refractivity contribution in [2.24, 2.45) is 0 Å². The van der Waals surface area contributed by atoms with E-state index in [4.69, 9.17) is 4.74 Å². The van der Waals surface area contributed by atoms with E-state index in [-0.39, 0.29) is 5.91 Å². The Morgan fingerprint density at radius 1 is 1.15 bits per heavy atom.